The highest BCUT2D eigenvalue weighted by molar-refractivity contribution is 6.01. The van der Waals surface area contributed by atoms with Gasteiger partial charge in [-0.05, 0) is 67.4 Å². The number of rotatable bonds is 6. The molecule has 0 aliphatic carbocycles. The molecule has 0 saturated carbocycles. The van der Waals surface area contributed by atoms with Crippen LogP contribution in [0.2, 0.25) is 0 Å². The molecule has 0 bridgehead atoms. The standard InChI is InChI=1S/C27H28F3N3O3/c1-16(31-2)25(34)32-22-12-8-17-6-4-5-7-23(17)33(26(22)35)15-21-20-11-10-19(27(28,29)30)14-18(20)9-13-24(21)36-3/h4-7,9-11,13-14,16,22,31H,8,12,15H2,1-3H3,(H,32,34). The van der Waals surface area contributed by atoms with E-state index in [0.717, 1.165) is 17.7 Å². The van der Waals surface area contributed by atoms with Gasteiger partial charge in [0, 0.05) is 11.3 Å². The molecule has 1 aliphatic heterocycles. The molecule has 190 valence electrons. The van der Waals surface area contributed by atoms with E-state index in [4.69, 9.17) is 4.74 Å². The lowest BCUT2D eigenvalue weighted by Gasteiger charge is -2.28. The first-order chi connectivity index (χ1) is 17.1. The van der Waals surface area contributed by atoms with Crippen LogP contribution in [0.25, 0.3) is 10.8 Å². The zero-order valence-electron chi connectivity index (χ0n) is 20.3. The molecule has 0 aromatic heterocycles. The lowest BCUT2D eigenvalue weighted by atomic mass is 10.00. The van der Waals surface area contributed by atoms with Gasteiger partial charge >= 0.3 is 6.18 Å². The summed E-state index contributed by atoms with van der Waals surface area (Å²) in [5, 5.41) is 6.67. The lowest BCUT2D eigenvalue weighted by Crippen LogP contribution is -2.52. The van der Waals surface area contributed by atoms with Gasteiger partial charge in [0.05, 0.1) is 25.3 Å². The Balaban J connectivity index is 1.78. The van der Waals surface area contributed by atoms with Gasteiger partial charge in [0.2, 0.25) is 11.8 Å². The summed E-state index contributed by atoms with van der Waals surface area (Å²) in [6.45, 7) is 1.77. The van der Waals surface area contributed by atoms with Crippen LogP contribution in [-0.4, -0.2) is 38.1 Å². The summed E-state index contributed by atoms with van der Waals surface area (Å²) in [7, 11) is 3.15. The molecule has 2 N–H and O–H groups in total. The van der Waals surface area contributed by atoms with Gasteiger partial charge in [0.25, 0.3) is 0 Å². The minimum absolute atomic E-state index is 0.0652. The Morgan fingerprint density at radius 2 is 1.92 bits per heavy atom. The summed E-state index contributed by atoms with van der Waals surface area (Å²) < 4.78 is 45.5. The van der Waals surface area contributed by atoms with Crippen molar-refractivity contribution in [3.8, 4) is 5.75 Å². The van der Waals surface area contributed by atoms with Crippen LogP contribution in [-0.2, 0) is 28.7 Å². The number of fused-ring (bicyclic) bond motifs is 2. The highest BCUT2D eigenvalue weighted by Gasteiger charge is 2.34. The number of carbonyl (C=O) groups excluding carboxylic acids is 2. The average Bonchev–Trinajstić information content (AvgIpc) is 2.99. The van der Waals surface area contributed by atoms with Crippen molar-refractivity contribution in [1.29, 1.82) is 0 Å². The number of halogens is 3. The number of benzene rings is 3. The summed E-state index contributed by atoms with van der Waals surface area (Å²) in [5.41, 5.74) is 1.49. The number of hydrogen-bond acceptors (Lipinski definition) is 4. The van der Waals surface area contributed by atoms with Crippen LogP contribution in [0.15, 0.2) is 54.6 Å². The Kier molecular flexibility index (Phi) is 7.21. The van der Waals surface area contributed by atoms with E-state index < -0.39 is 23.8 Å². The Morgan fingerprint density at radius 3 is 2.61 bits per heavy atom. The molecule has 0 radical (unpaired) electrons. The smallest absolute Gasteiger partial charge is 0.416 e. The molecule has 2 unspecified atom stereocenters. The highest BCUT2D eigenvalue weighted by Crippen LogP contribution is 2.37. The summed E-state index contributed by atoms with van der Waals surface area (Å²) in [5.74, 6) is -0.118. The molecule has 3 aromatic rings. The molecular weight excluding hydrogens is 471 g/mol. The highest BCUT2D eigenvalue weighted by atomic mass is 19.4. The number of likely N-dealkylation sites (N-methyl/N-ethyl adjacent to an activating group) is 1. The Hall–Kier alpha value is -3.59. The molecule has 2 atom stereocenters. The van der Waals surface area contributed by atoms with Crippen molar-refractivity contribution in [3.63, 3.8) is 0 Å². The molecule has 0 fully saturated rings. The first-order valence-corrected chi connectivity index (χ1v) is 11.7. The minimum atomic E-state index is -4.47. The fourth-order valence-electron chi connectivity index (χ4n) is 4.50. The molecule has 0 saturated heterocycles. The van der Waals surface area contributed by atoms with Crippen LogP contribution in [0.5, 0.6) is 5.75 Å². The second-order valence-electron chi connectivity index (χ2n) is 8.84. The van der Waals surface area contributed by atoms with Crippen LogP contribution in [0, 0.1) is 0 Å². The van der Waals surface area contributed by atoms with E-state index in [9.17, 15) is 22.8 Å². The van der Waals surface area contributed by atoms with Crippen LogP contribution in [0.4, 0.5) is 18.9 Å². The van der Waals surface area contributed by atoms with E-state index in [2.05, 4.69) is 10.6 Å². The SMILES string of the molecule is CNC(C)C(=O)NC1CCc2ccccc2N(Cc2c(OC)ccc3cc(C(F)(F)F)ccc23)C1=O. The number of nitrogens with one attached hydrogen (secondary N) is 2. The van der Waals surface area contributed by atoms with Crippen molar-refractivity contribution in [2.45, 2.75) is 44.6 Å². The molecular formula is C27H28F3N3O3. The third-order valence-electron chi connectivity index (χ3n) is 6.64. The Bertz CT molecular complexity index is 1290. The second kappa shape index (κ2) is 10.2. The molecule has 2 amide bonds. The number of hydrogen-bond donors (Lipinski definition) is 2. The maximum absolute atomic E-state index is 13.8. The minimum Gasteiger partial charge on any atom is -0.496 e. The number of para-hydroxylation sites is 1. The number of methoxy groups -OCH3 is 1. The number of alkyl halides is 3. The zero-order valence-corrected chi connectivity index (χ0v) is 20.3. The van der Waals surface area contributed by atoms with Gasteiger partial charge in [-0.1, -0.05) is 30.3 Å². The van der Waals surface area contributed by atoms with Crippen molar-refractivity contribution < 1.29 is 27.5 Å². The molecule has 1 heterocycles. The molecule has 6 nitrogen and oxygen atoms in total. The van der Waals surface area contributed by atoms with Crippen LogP contribution >= 0.6 is 0 Å². The zero-order chi connectivity index (χ0) is 26.0. The van der Waals surface area contributed by atoms with Crippen LogP contribution in [0.3, 0.4) is 0 Å². The topological polar surface area (TPSA) is 70.7 Å². The van der Waals surface area contributed by atoms with E-state index >= 15 is 0 Å². The van der Waals surface area contributed by atoms with Gasteiger partial charge in [-0.2, -0.15) is 13.2 Å². The first-order valence-electron chi connectivity index (χ1n) is 11.7. The third kappa shape index (κ3) is 5.02. The van der Waals surface area contributed by atoms with Gasteiger partial charge in [-0.15, -0.1) is 0 Å². The normalized spacial score (nSPS) is 16.9. The van der Waals surface area contributed by atoms with Crippen molar-refractivity contribution in [2.24, 2.45) is 0 Å². The molecule has 0 spiro atoms. The average molecular weight is 500 g/mol. The number of aryl methyl sites for hydroxylation is 1. The maximum atomic E-state index is 13.8. The van der Waals surface area contributed by atoms with E-state index in [-0.39, 0.29) is 18.4 Å². The Morgan fingerprint density at radius 1 is 1.17 bits per heavy atom. The lowest BCUT2D eigenvalue weighted by molar-refractivity contribution is -0.137. The second-order valence-corrected chi connectivity index (χ2v) is 8.84. The maximum Gasteiger partial charge on any atom is 0.416 e. The predicted octanol–water partition coefficient (Wildman–Crippen LogP) is 4.44. The quantitative estimate of drug-likeness (QED) is 0.526. The first kappa shape index (κ1) is 25.5. The third-order valence-corrected chi connectivity index (χ3v) is 6.64. The largest absolute Gasteiger partial charge is 0.496 e. The van der Waals surface area contributed by atoms with Gasteiger partial charge in [0.1, 0.15) is 11.8 Å². The fraction of sp³-hybridized carbons (Fsp3) is 0.333. The van der Waals surface area contributed by atoms with Crippen molar-refractivity contribution in [1.82, 2.24) is 10.6 Å². The molecule has 1 aliphatic rings. The van der Waals surface area contributed by atoms with Gasteiger partial charge in [0.15, 0.2) is 0 Å². The van der Waals surface area contributed by atoms with E-state index in [0.29, 0.717) is 40.6 Å². The predicted molar refractivity (Wildman–Crippen MR) is 132 cm³/mol. The van der Waals surface area contributed by atoms with Crippen molar-refractivity contribution in [3.05, 3.63) is 71.3 Å². The monoisotopic (exact) mass is 499 g/mol. The molecule has 4 rings (SSSR count). The van der Waals surface area contributed by atoms with E-state index in [1.165, 1.54) is 13.2 Å². The van der Waals surface area contributed by atoms with E-state index in [1.54, 1.807) is 31.0 Å². The number of anilines is 1. The number of nitrogens with zero attached hydrogens (tertiary/aromatic N) is 1. The number of ether oxygens (including phenoxy) is 1. The Labute approximate surface area is 207 Å². The number of amides is 2. The fourth-order valence-corrected chi connectivity index (χ4v) is 4.50. The molecule has 3 aromatic carbocycles. The van der Waals surface area contributed by atoms with Gasteiger partial charge in [-0.25, -0.2) is 0 Å². The summed E-state index contributed by atoms with van der Waals surface area (Å²) in [6, 6.07) is 13.0. The van der Waals surface area contributed by atoms with Crippen LogP contribution in [0.1, 0.15) is 30.0 Å². The molecule has 36 heavy (non-hydrogen) atoms. The van der Waals surface area contributed by atoms with Crippen molar-refractivity contribution in [2.75, 3.05) is 19.1 Å². The number of carbonyl (C=O) groups is 2. The van der Waals surface area contributed by atoms with E-state index in [1.807, 2.05) is 24.3 Å². The van der Waals surface area contributed by atoms with Gasteiger partial charge < -0.3 is 20.3 Å². The summed E-state index contributed by atoms with van der Waals surface area (Å²) in [6.07, 6.45) is -3.46. The van der Waals surface area contributed by atoms with Crippen LogP contribution < -0.4 is 20.3 Å². The van der Waals surface area contributed by atoms with Gasteiger partial charge in [-0.3, -0.25) is 9.59 Å². The summed E-state index contributed by atoms with van der Waals surface area (Å²) in [4.78, 5) is 27.9. The van der Waals surface area contributed by atoms with Crippen molar-refractivity contribution >= 4 is 28.3 Å². The summed E-state index contributed by atoms with van der Waals surface area (Å²) >= 11 is 0. The molecule has 9 heteroatoms.